The van der Waals surface area contributed by atoms with Crippen LogP contribution >= 0.6 is 0 Å². The molecule has 0 radical (unpaired) electrons. The fourth-order valence-corrected chi connectivity index (χ4v) is 5.42. The van der Waals surface area contributed by atoms with Gasteiger partial charge in [0.05, 0.1) is 0 Å². The Labute approximate surface area is 249 Å². The smallest absolute Gasteiger partial charge is 0.0415 e. The zero-order valence-corrected chi connectivity index (χ0v) is 26.2. The summed E-state index contributed by atoms with van der Waals surface area (Å²) in [5, 5.41) is 0. The van der Waals surface area contributed by atoms with E-state index in [1.807, 2.05) is 49.5 Å². The Balaban J connectivity index is 2.05. The van der Waals surface area contributed by atoms with Crippen molar-refractivity contribution in [1.82, 2.24) is 4.90 Å². The molecule has 212 valence electrons. The SMILES string of the molecule is C=CC1=C(/C2=C(\C)C(C)(C)C/C=C\C(N(/C(C)=C/C)/C(C)=C/C=C\C(=C)/C=C\C=C/C)=C/C2)CC2=C1C=CC=C=C2. The van der Waals surface area contributed by atoms with Crippen molar-refractivity contribution >= 4 is 0 Å². The van der Waals surface area contributed by atoms with Gasteiger partial charge >= 0.3 is 0 Å². The van der Waals surface area contributed by atoms with Gasteiger partial charge in [-0.3, -0.25) is 0 Å². The minimum atomic E-state index is 0.0366. The third kappa shape index (κ3) is 7.78. The Morgan fingerprint density at radius 3 is 2.49 bits per heavy atom. The molecule has 3 rings (SSSR count). The fraction of sp³-hybridized carbons (Fsp3) is 0.275. The van der Waals surface area contributed by atoms with E-state index in [0.717, 1.165) is 30.5 Å². The molecule has 0 amide bonds. The molecule has 0 N–H and O–H groups in total. The summed E-state index contributed by atoms with van der Waals surface area (Å²) < 4.78 is 0. The first-order chi connectivity index (χ1) is 19.6. The van der Waals surface area contributed by atoms with E-state index >= 15 is 0 Å². The van der Waals surface area contributed by atoms with E-state index in [1.165, 1.54) is 44.8 Å². The van der Waals surface area contributed by atoms with Crippen LogP contribution in [0.2, 0.25) is 0 Å². The number of hydrogen-bond acceptors (Lipinski definition) is 1. The molecular formula is C40H47N. The highest BCUT2D eigenvalue weighted by Gasteiger charge is 2.29. The van der Waals surface area contributed by atoms with Crippen molar-refractivity contribution in [3.8, 4) is 0 Å². The highest BCUT2D eigenvalue weighted by atomic mass is 15.2. The van der Waals surface area contributed by atoms with Crippen molar-refractivity contribution in [2.45, 2.75) is 67.7 Å². The van der Waals surface area contributed by atoms with Gasteiger partial charge in [0.1, 0.15) is 0 Å². The maximum absolute atomic E-state index is 4.23. The molecule has 41 heavy (non-hydrogen) atoms. The van der Waals surface area contributed by atoms with Gasteiger partial charge in [-0.05, 0) is 117 Å². The molecule has 0 heterocycles. The molecule has 0 saturated heterocycles. The summed E-state index contributed by atoms with van der Waals surface area (Å²) in [5.41, 5.74) is 16.0. The van der Waals surface area contributed by atoms with Gasteiger partial charge < -0.3 is 4.90 Å². The van der Waals surface area contributed by atoms with Crippen molar-refractivity contribution in [1.29, 1.82) is 0 Å². The van der Waals surface area contributed by atoms with E-state index in [2.05, 4.69) is 120 Å². The van der Waals surface area contributed by atoms with E-state index in [0.29, 0.717) is 0 Å². The topological polar surface area (TPSA) is 3.24 Å². The summed E-state index contributed by atoms with van der Waals surface area (Å²) in [6.07, 6.45) is 36.7. The van der Waals surface area contributed by atoms with Crippen LogP contribution in [0.1, 0.15) is 67.7 Å². The standard InChI is InChI=1S/C40H47N/c1-10-13-15-20-30(4)21-18-22-32(6)41(31(5)11-2)35-24-19-28-40(8,9)33(7)37(27-26-35)39-29-34-23-16-14-17-25-38(34)36(39)12-3/h10-15,17-26H,3-4,27-29H2,1-2,5-9H3/b13-10-,20-15-,21-18-,24-19-,31-11+,32-22+,35-26+,37-33+. The number of hydrogen-bond donors (Lipinski definition) is 0. The second-order valence-electron chi connectivity index (χ2n) is 11.4. The monoisotopic (exact) mass is 541 g/mol. The maximum Gasteiger partial charge on any atom is 0.0415 e. The van der Waals surface area contributed by atoms with Crippen LogP contribution in [-0.2, 0) is 0 Å². The van der Waals surface area contributed by atoms with E-state index in [-0.39, 0.29) is 5.41 Å². The van der Waals surface area contributed by atoms with Gasteiger partial charge in [0, 0.05) is 17.1 Å². The van der Waals surface area contributed by atoms with Crippen molar-refractivity contribution < 1.29 is 0 Å². The molecule has 0 atom stereocenters. The molecule has 0 fully saturated rings. The normalized spacial score (nSPS) is 23.5. The van der Waals surface area contributed by atoms with Crippen LogP contribution in [0, 0.1) is 5.41 Å². The average Bonchev–Trinajstić information content (AvgIpc) is 3.14. The lowest BCUT2D eigenvalue weighted by molar-refractivity contribution is 0.448. The molecular weight excluding hydrogens is 494 g/mol. The zero-order chi connectivity index (χ0) is 30.0. The Kier molecular flexibility index (Phi) is 11.2. The fourth-order valence-electron chi connectivity index (χ4n) is 5.42. The van der Waals surface area contributed by atoms with Crippen molar-refractivity contribution in [2.24, 2.45) is 5.41 Å². The van der Waals surface area contributed by atoms with Gasteiger partial charge in [0.15, 0.2) is 0 Å². The summed E-state index contributed by atoms with van der Waals surface area (Å²) in [6, 6.07) is 0. The van der Waals surface area contributed by atoms with Gasteiger partial charge in [-0.15, -0.1) is 5.73 Å². The number of allylic oxidation sites excluding steroid dienone is 24. The molecule has 1 heteroatoms. The molecule has 0 bridgehead atoms. The molecule has 0 spiro atoms. The molecule has 3 aliphatic rings. The van der Waals surface area contributed by atoms with E-state index in [1.54, 1.807) is 0 Å². The summed E-state index contributed by atoms with van der Waals surface area (Å²) in [5.74, 6) is 0. The zero-order valence-electron chi connectivity index (χ0n) is 26.2. The van der Waals surface area contributed by atoms with E-state index < -0.39 is 0 Å². The molecule has 0 saturated carbocycles. The summed E-state index contributed by atoms with van der Waals surface area (Å²) >= 11 is 0. The highest BCUT2D eigenvalue weighted by Crippen LogP contribution is 2.45. The minimum Gasteiger partial charge on any atom is -0.319 e. The molecule has 0 aromatic rings. The summed E-state index contributed by atoms with van der Waals surface area (Å²) in [4.78, 5) is 2.35. The Morgan fingerprint density at radius 1 is 1.02 bits per heavy atom. The molecule has 0 aromatic heterocycles. The highest BCUT2D eigenvalue weighted by molar-refractivity contribution is 5.66. The summed E-state index contributed by atoms with van der Waals surface area (Å²) in [6.45, 7) is 23.9. The van der Waals surface area contributed by atoms with Crippen LogP contribution in [0.25, 0.3) is 0 Å². The predicted molar refractivity (Wildman–Crippen MR) is 181 cm³/mol. The van der Waals surface area contributed by atoms with Crippen LogP contribution < -0.4 is 0 Å². The Morgan fingerprint density at radius 2 is 1.78 bits per heavy atom. The Hall–Kier alpha value is -4.06. The largest absolute Gasteiger partial charge is 0.319 e. The minimum absolute atomic E-state index is 0.0366. The van der Waals surface area contributed by atoms with Crippen LogP contribution in [-0.4, -0.2) is 4.90 Å². The summed E-state index contributed by atoms with van der Waals surface area (Å²) in [7, 11) is 0. The molecule has 1 nitrogen and oxygen atoms in total. The first-order valence-corrected chi connectivity index (χ1v) is 14.7. The lowest BCUT2D eigenvalue weighted by atomic mass is 9.77. The van der Waals surface area contributed by atoms with Crippen molar-refractivity contribution in [2.75, 3.05) is 0 Å². The van der Waals surface area contributed by atoms with E-state index in [9.17, 15) is 0 Å². The average molecular weight is 542 g/mol. The number of rotatable bonds is 9. The molecule has 0 aromatic carbocycles. The lowest BCUT2D eigenvalue weighted by Crippen LogP contribution is -2.18. The van der Waals surface area contributed by atoms with Gasteiger partial charge in [-0.1, -0.05) is 105 Å². The van der Waals surface area contributed by atoms with Crippen LogP contribution in [0.3, 0.4) is 0 Å². The van der Waals surface area contributed by atoms with Gasteiger partial charge in [0.2, 0.25) is 0 Å². The van der Waals surface area contributed by atoms with Crippen LogP contribution in [0.15, 0.2) is 172 Å². The molecule has 0 unspecified atom stereocenters. The van der Waals surface area contributed by atoms with Gasteiger partial charge in [0.25, 0.3) is 0 Å². The third-order valence-electron chi connectivity index (χ3n) is 8.15. The van der Waals surface area contributed by atoms with Crippen LogP contribution in [0.5, 0.6) is 0 Å². The Bertz CT molecular complexity index is 1460. The third-order valence-corrected chi connectivity index (χ3v) is 8.15. The van der Waals surface area contributed by atoms with Crippen LogP contribution in [0.4, 0.5) is 0 Å². The van der Waals surface area contributed by atoms with Gasteiger partial charge in [-0.25, -0.2) is 0 Å². The number of nitrogens with zero attached hydrogens (tertiary/aromatic N) is 1. The second kappa shape index (κ2) is 14.5. The first-order valence-electron chi connectivity index (χ1n) is 14.7. The van der Waals surface area contributed by atoms with E-state index in [4.69, 9.17) is 0 Å². The molecule has 0 aliphatic heterocycles. The second-order valence-corrected chi connectivity index (χ2v) is 11.4. The molecule has 3 aliphatic carbocycles. The maximum atomic E-state index is 4.23. The first kappa shape index (κ1) is 31.5. The van der Waals surface area contributed by atoms with Gasteiger partial charge in [-0.2, -0.15) is 0 Å². The van der Waals surface area contributed by atoms with Crippen molar-refractivity contribution in [3.63, 3.8) is 0 Å². The predicted octanol–water partition coefficient (Wildman–Crippen LogP) is 11.4. The van der Waals surface area contributed by atoms with Crippen molar-refractivity contribution in [3.05, 3.63) is 172 Å². The quantitative estimate of drug-likeness (QED) is 0.207. The lowest BCUT2D eigenvalue weighted by Gasteiger charge is -2.28.